The van der Waals surface area contributed by atoms with E-state index < -0.39 is 0 Å². The molecule has 0 N–H and O–H groups in total. The zero-order valence-electron chi connectivity index (χ0n) is 7.68. The van der Waals surface area contributed by atoms with Crippen molar-refractivity contribution in [2.75, 3.05) is 7.11 Å². The van der Waals surface area contributed by atoms with E-state index in [9.17, 15) is 0 Å². The van der Waals surface area contributed by atoms with Crippen molar-refractivity contribution in [3.8, 4) is 5.75 Å². The van der Waals surface area contributed by atoms with Gasteiger partial charge in [-0.2, -0.15) is 0 Å². The normalized spacial score (nSPS) is 14.5. The maximum absolute atomic E-state index is 5.31. The lowest BCUT2D eigenvalue weighted by Gasteiger charge is -2.08. The third kappa shape index (κ3) is 1.01. The van der Waals surface area contributed by atoms with Crippen molar-refractivity contribution in [2.45, 2.75) is 26.2 Å². The van der Waals surface area contributed by atoms with Gasteiger partial charge in [-0.25, -0.2) is 0 Å². The van der Waals surface area contributed by atoms with Gasteiger partial charge in [0.15, 0.2) is 0 Å². The summed E-state index contributed by atoms with van der Waals surface area (Å²) in [6.45, 7) is 2.18. The van der Waals surface area contributed by atoms with Crippen molar-refractivity contribution in [1.82, 2.24) is 0 Å². The van der Waals surface area contributed by atoms with Crippen molar-refractivity contribution in [2.24, 2.45) is 0 Å². The summed E-state index contributed by atoms with van der Waals surface area (Å²) < 4.78 is 5.31. The van der Waals surface area contributed by atoms with Crippen LogP contribution in [-0.2, 0) is 12.8 Å². The Morgan fingerprint density at radius 3 is 2.67 bits per heavy atom. The molecular formula is C11H14O. The Hall–Kier alpha value is -0.980. The molecule has 0 aromatic heterocycles. The molecule has 64 valence electrons. The predicted molar refractivity (Wildman–Crippen MR) is 49.8 cm³/mol. The van der Waals surface area contributed by atoms with Gasteiger partial charge in [0.2, 0.25) is 0 Å². The third-order valence-electron chi connectivity index (χ3n) is 2.70. The Bertz CT molecular complexity index is 302. The smallest absolute Gasteiger partial charge is 0.122 e. The van der Waals surface area contributed by atoms with E-state index >= 15 is 0 Å². The van der Waals surface area contributed by atoms with E-state index in [-0.39, 0.29) is 0 Å². The van der Waals surface area contributed by atoms with Crippen LogP contribution in [0.15, 0.2) is 12.1 Å². The molecule has 0 atom stereocenters. The second kappa shape index (κ2) is 2.81. The van der Waals surface area contributed by atoms with E-state index in [0.29, 0.717) is 0 Å². The van der Waals surface area contributed by atoms with Crippen molar-refractivity contribution in [3.63, 3.8) is 0 Å². The average molecular weight is 162 g/mol. The van der Waals surface area contributed by atoms with Crippen LogP contribution >= 0.6 is 0 Å². The van der Waals surface area contributed by atoms with E-state index in [2.05, 4.69) is 19.1 Å². The number of hydrogen-bond acceptors (Lipinski definition) is 1. The van der Waals surface area contributed by atoms with Gasteiger partial charge in [0, 0.05) is 0 Å². The molecule has 2 rings (SSSR count). The number of methoxy groups -OCH3 is 1. The van der Waals surface area contributed by atoms with Crippen molar-refractivity contribution in [1.29, 1.82) is 0 Å². The van der Waals surface area contributed by atoms with Gasteiger partial charge >= 0.3 is 0 Å². The maximum atomic E-state index is 5.31. The minimum absolute atomic E-state index is 1.08. The molecule has 0 saturated carbocycles. The van der Waals surface area contributed by atoms with Gasteiger partial charge in [-0.3, -0.25) is 0 Å². The summed E-state index contributed by atoms with van der Waals surface area (Å²) in [5.41, 5.74) is 4.38. The minimum atomic E-state index is 1.08. The third-order valence-corrected chi connectivity index (χ3v) is 2.70. The fraction of sp³-hybridized carbons (Fsp3) is 0.455. The first-order chi connectivity index (χ1) is 5.83. The van der Waals surface area contributed by atoms with Crippen LogP contribution < -0.4 is 4.74 Å². The first kappa shape index (κ1) is 7.66. The molecule has 1 nitrogen and oxygen atoms in total. The Morgan fingerprint density at radius 1 is 1.17 bits per heavy atom. The van der Waals surface area contributed by atoms with Crippen LogP contribution in [0.4, 0.5) is 0 Å². The number of fused-ring (bicyclic) bond motifs is 1. The number of ether oxygens (including phenoxy) is 1. The average Bonchev–Trinajstić information content (AvgIpc) is 2.54. The number of benzene rings is 1. The van der Waals surface area contributed by atoms with Crippen molar-refractivity contribution in [3.05, 3.63) is 28.8 Å². The zero-order chi connectivity index (χ0) is 8.55. The van der Waals surface area contributed by atoms with Crippen LogP contribution in [0.2, 0.25) is 0 Å². The van der Waals surface area contributed by atoms with E-state index in [1.54, 1.807) is 7.11 Å². The van der Waals surface area contributed by atoms with E-state index in [1.807, 2.05) is 0 Å². The standard InChI is InChI=1S/C11H14O/c1-8-6-7-11(12-2)10-5-3-4-9(8)10/h6-7H,3-5H2,1-2H3. The van der Waals surface area contributed by atoms with Gasteiger partial charge < -0.3 is 4.74 Å². The Kier molecular flexibility index (Phi) is 1.80. The molecule has 1 heteroatoms. The molecule has 0 aliphatic heterocycles. The molecule has 1 aromatic carbocycles. The van der Waals surface area contributed by atoms with Crippen molar-refractivity contribution < 1.29 is 4.74 Å². The van der Waals surface area contributed by atoms with Gasteiger partial charge in [-0.15, -0.1) is 0 Å². The molecular weight excluding hydrogens is 148 g/mol. The number of aryl methyl sites for hydroxylation is 1. The van der Waals surface area contributed by atoms with Crippen LogP contribution in [0.25, 0.3) is 0 Å². The molecule has 1 aliphatic carbocycles. The van der Waals surface area contributed by atoms with E-state index in [4.69, 9.17) is 4.74 Å². The highest BCUT2D eigenvalue weighted by atomic mass is 16.5. The SMILES string of the molecule is COc1ccc(C)c2c1CCC2. The highest BCUT2D eigenvalue weighted by Crippen LogP contribution is 2.32. The molecule has 0 spiro atoms. The summed E-state index contributed by atoms with van der Waals surface area (Å²) in [5.74, 6) is 1.08. The molecule has 0 amide bonds. The van der Waals surface area contributed by atoms with Crippen LogP contribution in [0.5, 0.6) is 5.75 Å². The fourth-order valence-electron chi connectivity index (χ4n) is 2.04. The monoisotopic (exact) mass is 162 g/mol. The number of hydrogen-bond donors (Lipinski definition) is 0. The van der Waals surface area contributed by atoms with E-state index in [0.717, 1.165) is 5.75 Å². The second-order valence-electron chi connectivity index (χ2n) is 3.40. The minimum Gasteiger partial charge on any atom is -0.496 e. The van der Waals surface area contributed by atoms with E-state index in [1.165, 1.54) is 36.0 Å². The summed E-state index contributed by atoms with van der Waals surface area (Å²) in [5, 5.41) is 0. The van der Waals surface area contributed by atoms with Gasteiger partial charge in [-0.1, -0.05) is 6.07 Å². The van der Waals surface area contributed by atoms with Crippen LogP contribution in [-0.4, -0.2) is 7.11 Å². The number of rotatable bonds is 1. The van der Waals surface area contributed by atoms with Crippen LogP contribution in [0.1, 0.15) is 23.1 Å². The molecule has 0 bridgehead atoms. The first-order valence-corrected chi connectivity index (χ1v) is 4.48. The molecule has 0 heterocycles. The van der Waals surface area contributed by atoms with Gasteiger partial charge in [0.1, 0.15) is 5.75 Å². The van der Waals surface area contributed by atoms with Crippen molar-refractivity contribution >= 4 is 0 Å². The Morgan fingerprint density at radius 2 is 1.92 bits per heavy atom. The summed E-state index contributed by atoms with van der Waals surface area (Å²) in [6, 6.07) is 4.24. The Balaban J connectivity index is 2.57. The maximum Gasteiger partial charge on any atom is 0.122 e. The topological polar surface area (TPSA) is 9.23 Å². The largest absolute Gasteiger partial charge is 0.496 e. The highest BCUT2D eigenvalue weighted by Gasteiger charge is 2.16. The second-order valence-corrected chi connectivity index (χ2v) is 3.40. The summed E-state index contributed by atoms with van der Waals surface area (Å²) >= 11 is 0. The summed E-state index contributed by atoms with van der Waals surface area (Å²) in [4.78, 5) is 0. The molecule has 1 aliphatic rings. The van der Waals surface area contributed by atoms with Crippen LogP contribution in [0.3, 0.4) is 0 Å². The zero-order valence-corrected chi connectivity index (χ0v) is 7.68. The predicted octanol–water partition coefficient (Wildman–Crippen LogP) is 2.49. The molecule has 0 saturated heterocycles. The fourth-order valence-corrected chi connectivity index (χ4v) is 2.04. The summed E-state index contributed by atoms with van der Waals surface area (Å²) in [6.07, 6.45) is 3.72. The lowest BCUT2D eigenvalue weighted by molar-refractivity contribution is 0.410. The van der Waals surface area contributed by atoms with Gasteiger partial charge in [0.25, 0.3) is 0 Å². The lowest BCUT2D eigenvalue weighted by Crippen LogP contribution is -1.92. The van der Waals surface area contributed by atoms with Gasteiger partial charge in [-0.05, 0) is 48.9 Å². The molecule has 1 aromatic rings. The van der Waals surface area contributed by atoms with Crippen LogP contribution in [0, 0.1) is 6.92 Å². The highest BCUT2D eigenvalue weighted by molar-refractivity contribution is 5.47. The molecule has 0 unspecified atom stereocenters. The van der Waals surface area contributed by atoms with Gasteiger partial charge in [0.05, 0.1) is 7.11 Å². The molecule has 0 fully saturated rings. The summed E-state index contributed by atoms with van der Waals surface area (Å²) in [7, 11) is 1.75. The molecule has 12 heavy (non-hydrogen) atoms. The lowest BCUT2D eigenvalue weighted by atomic mass is 10.0. The Labute approximate surface area is 73.4 Å². The molecule has 0 radical (unpaired) electrons. The first-order valence-electron chi connectivity index (χ1n) is 4.48. The quantitative estimate of drug-likeness (QED) is 0.616.